The number of nitrogens with zero attached hydrogens (tertiary/aromatic N) is 2. The molecule has 0 bridgehead atoms. The number of unbranched alkanes of at least 4 members (excludes halogenated alkanes) is 1. The average molecular weight is 230 g/mol. The van der Waals surface area contributed by atoms with E-state index in [4.69, 9.17) is 10.5 Å². The monoisotopic (exact) mass is 230 g/mol. The van der Waals surface area contributed by atoms with Gasteiger partial charge in [-0.25, -0.2) is 0 Å². The van der Waals surface area contributed by atoms with Crippen LogP contribution in [0, 0.1) is 22.7 Å². The Bertz CT molecular complexity index is 397. The van der Waals surface area contributed by atoms with Gasteiger partial charge in [-0.15, -0.1) is 0 Å². The van der Waals surface area contributed by atoms with E-state index in [0.29, 0.717) is 17.2 Å². The minimum Gasteiger partial charge on any atom is -0.198 e. The summed E-state index contributed by atoms with van der Waals surface area (Å²) in [4.78, 5) is 0. The fourth-order valence-corrected chi connectivity index (χ4v) is 2.35. The number of benzene rings is 1. The van der Waals surface area contributed by atoms with Gasteiger partial charge in [0, 0.05) is 11.7 Å². The quantitative estimate of drug-likeness (QED) is 0.725. The lowest BCUT2D eigenvalue weighted by atomic mass is 10.1. The van der Waals surface area contributed by atoms with Gasteiger partial charge in [-0.1, -0.05) is 12.1 Å². The normalized spacial score (nSPS) is 11.4. The number of thioether (sulfide) groups is 1. The van der Waals surface area contributed by atoms with Crippen molar-refractivity contribution in [3.05, 3.63) is 35.4 Å². The van der Waals surface area contributed by atoms with Crippen LogP contribution in [0.25, 0.3) is 0 Å². The van der Waals surface area contributed by atoms with Gasteiger partial charge in [0.15, 0.2) is 0 Å². The Morgan fingerprint density at radius 3 is 2.50 bits per heavy atom. The van der Waals surface area contributed by atoms with E-state index in [1.165, 1.54) is 5.56 Å². The predicted molar refractivity (Wildman–Crippen MR) is 66.9 cm³/mol. The Morgan fingerprint density at radius 2 is 1.94 bits per heavy atom. The first-order valence-electron chi connectivity index (χ1n) is 5.26. The lowest BCUT2D eigenvalue weighted by Crippen LogP contribution is -1.90. The zero-order valence-corrected chi connectivity index (χ0v) is 10.1. The van der Waals surface area contributed by atoms with Gasteiger partial charge in [-0.05, 0) is 36.8 Å². The summed E-state index contributed by atoms with van der Waals surface area (Å²) in [6.45, 7) is 2.15. The Hall–Kier alpha value is -1.45. The Morgan fingerprint density at radius 1 is 1.25 bits per heavy atom. The molecule has 0 aliphatic rings. The van der Waals surface area contributed by atoms with Crippen LogP contribution in [0.3, 0.4) is 0 Å². The van der Waals surface area contributed by atoms with Gasteiger partial charge < -0.3 is 0 Å². The van der Waals surface area contributed by atoms with E-state index in [0.717, 1.165) is 12.2 Å². The van der Waals surface area contributed by atoms with Crippen LogP contribution in [0.1, 0.15) is 36.1 Å². The van der Waals surface area contributed by atoms with Gasteiger partial charge >= 0.3 is 0 Å². The molecule has 3 heteroatoms. The maximum absolute atomic E-state index is 8.68. The Kier molecular flexibility index (Phi) is 5.46. The minimum absolute atomic E-state index is 0.423. The first-order chi connectivity index (χ1) is 7.77. The van der Waals surface area contributed by atoms with Crippen LogP contribution >= 0.6 is 11.8 Å². The molecule has 0 fully saturated rings. The van der Waals surface area contributed by atoms with Crippen LogP contribution in [0.15, 0.2) is 24.3 Å². The van der Waals surface area contributed by atoms with Crippen molar-refractivity contribution in [1.82, 2.24) is 0 Å². The second-order valence-electron chi connectivity index (χ2n) is 3.51. The smallest absolute Gasteiger partial charge is 0.0991 e. The highest BCUT2D eigenvalue weighted by molar-refractivity contribution is 7.99. The molecular formula is C13H14N2S. The van der Waals surface area contributed by atoms with Gasteiger partial charge in [0.05, 0.1) is 17.7 Å². The van der Waals surface area contributed by atoms with E-state index in [2.05, 4.69) is 19.1 Å². The van der Waals surface area contributed by atoms with Gasteiger partial charge in [-0.3, -0.25) is 0 Å². The number of rotatable bonds is 5. The van der Waals surface area contributed by atoms with Crippen molar-refractivity contribution in [2.75, 3.05) is 5.75 Å². The van der Waals surface area contributed by atoms with Crippen LogP contribution in [-0.2, 0) is 0 Å². The maximum Gasteiger partial charge on any atom is 0.0991 e. The summed E-state index contributed by atoms with van der Waals surface area (Å²) >= 11 is 1.85. The third-order valence-corrected chi connectivity index (χ3v) is 3.61. The molecule has 82 valence electrons. The molecule has 0 unspecified atom stereocenters. The maximum atomic E-state index is 8.68. The van der Waals surface area contributed by atoms with Crippen LogP contribution in [-0.4, -0.2) is 5.75 Å². The standard InChI is InChI=1S/C13H14N2S/c1-11(16-9-3-2-8-14)13-6-4-12(10-15)5-7-13/h4-7,11H,2-3,9H2,1H3/t11-/m0/s1. The van der Waals surface area contributed by atoms with Gasteiger partial charge in [-0.2, -0.15) is 22.3 Å². The largest absolute Gasteiger partial charge is 0.198 e. The summed E-state index contributed by atoms with van der Waals surface area (Å²) in [6.07, 6.45) is 1.58. The third-order valence-electron chi connectivity index (χ3n) is 2.31. The summed E-state index contributed by atoms with van der Waals surface area (Å²) in [5.41, 5.74) is 1.94. The highest BCUT2D eigenvalue weighted by atomic mass is 32.2. The zero-order chi connectivity index (χ0) is 11.8. The van der Waals surface area contributed by atoms with E-state index in [-0.39, 0.29) is 0 Å². The van der Waals surface area contributed by atoms with Crippen molar-refractivity contribution in [1.29, 1.82) is 10.5 Å². The van der Waals surface area contributed by atoms with Crippen molar-refractivity contribution < 1.29 is 0 Å². The fraction of sp³-hybridized carbons (Fsp3) is 0.385. The molecule has 0 heterocycles. The molecule has 1 aromatic rings. The van der Waals surface area contributed by atoms with Crippen molar-refractivity contribution in [3.63, 3.8) is 0 Å². The third kappa shape index (κ3) is 3.96. The molecule has 0 N–H and O–H groups in total. The van der Waals surface area contributed by atoms with E-state index in [1.54, 1.807) is 0 Å². The molecule has 0 aliphatic carbocycles. The lowest BCUT2D eigenvalue weighted by molar-refractivity contribution is 0.971. The van der Waals surface area contributed by atoms with E-state index < -0.39 is 0 Å². The van der Waals surface area contributed by atoms with Crippen LogP contribution in [0.5, 0.6) is 0 Å². The minimum atomic E-state index is 0.423. The second kappa shape index (κ2) is 6.93. The molecule has 1 rings (SSSR count). The number of nitriles is 2. The van der Waals surface area contributed by atoms with E-state index in [1.807, 2.05) is 36.0 Å². The first kappa shape index (κ1) is 12.6. The molecule has 0 aliphatic heterocycles. The van der Waals surface area contributed by atoms with Crippen molar-refractivity contribution in [2.24, 2.45) is 0 Å². The lowest BCUT2D eigenvalue weighted by Gasteiger charge is -2.10. The molecule has 1 aromatic carbocycles. The van der Waals surface area contributed by atoms with Crippen LogP contribution < -0.4 is 0 Å². The number of hydrogen-bond donors (Lipinski definition) is 0. The summed E-state index contributed by atoms with van der Waals surface area (Å²) in [5.74, 6) is 1.01. The summed E-state index contributed by atoms with van der Waals surface area (Å²) in [6, 6.07) is 12.0. The van der Waals surface area contributed by atoms with Crippen molar-refractivity contribution in [3.8, 4) is 12.1 Å². The topological polar surface area (TPSA) is 47.6 Å². The molecule has 2 nitrogen and oxygen atoms in total. The highest BCUT2D eigenvalue weighted by Gasteiger charge is 2.05. The van der Waals surface area contributed by atoms with Gasteiger partial charge in [0.1, 0.15) is 0 Å². The predicted octanol–water partition coefficient (Wildman–Crippen LogP) is 3.66. The molecule has 16 heavy (non-hydrogen) atoms. The zero-order valence-electron chi connectivity index (χ0n) is 9.31. The highest BCUT2D eigenvalue weighted by Crippen LogP contribution is 2.28. The molecule has 0 amide bonds. The first-order valence-corrected chi connectivity index (χ1v) is 6.31. The Balaban J connectivity index is 2.44. The van der Waals surface area contributed by atoms with Crippen LogP contribution in [0.4, 0.5) is 0 Å². The average Bonchev–Trinajstić information content (AvgIpc) is 2.34. The van der Waals surface area contributed by atoms with Crippen LogP contribution in [0.2, 0.25) is 0 Å². The summed E-state index contributed by atoms with van der Waals surface area (Å²) in [5, 5.41) is 17.5. The molecule has 0 aromatic heterocycles. The van der Waals surface area contributed by atoms with Gasteiger partial charge in [0.2, 0.25) is 0 Å². The summed E-state index contributed by atoms with van der Waals surface area (Å²) in [7, 11) is 0. The van der Waals surface area contributed by atoms with Crippen molar-refractivity contribution >= 4 is 11.8 Å². The fourth-order valence-electron chi connectivity index (χ4n) is 1.34. The SMILES string of the molecule is C[C@H](SCCCC#N)c1ccc(C#N)cc1. The van der Waals surface area contributed by atoms with E-state index >= 15 is 0 Å². The Labute approximate surface area is 101 Å². The molecular weight excluding hydrogens is 216 g/mol. The molecule has 0 saturated carbocycles. The molecule has 0 saturated heterocycles. The van der Waals surface area contributed by atoms with E-state index in [9.17, 15) is 0 Å². The second-order valence-corrected chi connectivity index (χ2v) is 4.96. The summed E-state index contributed by atoms with van der Waals surface area (Å²) < 4.78 is 0. The molecule has 1 atom stereocenters. The number of hydrogen-bond acceptors (Lipinski definition) is 3. The molecule has 0 spiro atoms. The van der Waals surface area contributed by atoms with Crippen molar-refractivity contribution in [2.45, 2.75) is 25.0 Å². The van der Waals surface area contributed by atoms with Gasteiger partial charge in [0.25, 0.3) is 0 Å². The molecule has 0 radical (unpaired) electrons.